The lowest BCUT2D eigenvalue weighted by Crippen LogP contribution is -2.12. The Balaban J connectivity index is 2.01. The van der Waals surface area contributed by atoms with Crippen molar-refractivity contribution in [3.05, 3.63) is 41.4 Å². The molecule has 1 atom stereocenters. The van der Waals surface area contributed by atoms with Gasteiger partial charge in [0.15, 0.2) is 0 Å². The number of halogens is 1. The van der Waals surface area contributed by atoms with Gasteiger partial charge in [-0.15, -0.1) is 0 Å². The molecule has 0 radical (unpaired) electrons. The van der Waals surface area contributed by atoms with Crippen LogP contribution in [-0.2, 0) is 0 Å². The topological polar surface area (TPSA) is 12.0 Å². The van der Waals surface area contributed by atoms with E-state index in [1.54, 1.807) is 0 Å². The van der Waals surface area contributed by atoms with Crippen LogP contribution in [0.15, 0.2) is 36.4 Å². The third-order valence-corrected chi connectivity index (χ3v) is 2.46. The number of anilines is 1. The van der Waals surface area contributed by atoms with Gasteiger partial charge in [-0.2, -0.15) is 0 Å². The number of hydrogen-bond donors (Lipinski definition) is 1. The zero-order chi connectivity index (χ0) is 9.10. The standard InChI is InChI=1S/C11H12ClN/c12-9-5-7-11(8-6-9)13-10-3-1-2-4-10/h1,3,5-8,10,13H,2,4H2/t10-/m1/s1. The molecule has 0 saturated heterocycles. The molecule has 0 aromatic heterocycles. The van der Waals surface area contributed by atoms with E-state index in [1.807, 2.05) is 24.3 Å². The van der Waals surface area contributed by atoms with Gasteiger partial charge in [0.2, 0.25) is 0 Å². The van der Waals surface area contributed by atoms with E-state index in [0.29, 0.717) is 6.04 Å². The highest BCUT2D eigenvalue weighted by atomic mass is 35.5. The van der Waals surface area contributed by atoms with Crippen molar-refractivity contribution in [2.45, 2.75) is 18.9 Å². The van der Waals surface area contributed by atoms with Crippen LogP contribution < -0.4 is 5.32 Å². The summed E-state index contributed by atoms with van der Waals surface area (Å²) in [7, 11) is 0. The third-order valence-electron chi connectivity index (χ3n) is 2.21. The van der Waals surface area contributed by atoms with Gasteiger partial charge in [-0.3, -0.25) is 0 Å². The molecule has 1 aliphatic carbocycles. The van der Waals surface area contributed by atoms with E-state index in [1.165, 1.54) is 12.8 Å². The molecule has 0 spiro atoms. The van der Waals surface area contributed by atoms with E-state index in [-0.39, 0.29) is 0 Å². The fourth-order valence-corrected chi connectivity index (χ4v) is 1.64. The van der Waals surface area contributed by atoms with Crippen LogP contribution in [0.1, 0.15) is 12.8 Å². The summed E-state index contributed by atoms with van der Waals surface area (Å²) in [6.45, 7) is 0. The number of nitrogens with one attached hydrogen (secondary N) is 1. The van der Waals surface area contributed by atoms with Gasteiger partial charge in [-0.05, 0) is 37.1 Å². The Morgan fingerprint density at radius 3 is 2.62 bits per heavy atom. The van der Waals surface area contributed by atoms with E-state index in [0.717, 1.165) is 10.7 Å². The van der Waals surface area contributed by atoms with E-state index in [2.05, 4.69) is 17.5 Å². The van der Waals surface area contributed by atoms with Crippen LogP contribution in [0, 0.1) is 0 Å². The van der Waals surface area contributed by atoms with Crippen LogP contribution in [0.25, 0.3) is 0 Å². The number of benzene rings is 1. The van der Waals surface area contributed by atoms with E-state index in [4.69, 9.17) is 11.6 Å². The normalized spacial score (nSPS) is 20.5. The summed E-state index contributed by atoms with van der Waals surface area (Å²) in [6, 6.07) is 8.33. The van der Waals surface area contributed by atoms with Crippen LogP contribution in [0.2, 0.25) is 5.02 Å². The molecule has 0 aliphatic heterocycles. The first-order valence-corrected chi connectivity index (χ1v) is 4.91. The number of allylic oxidation sites excluding steroid dienone is 1. The van der Waals surface area contributed by atoms with Crippen molar-refractivity contribution in [1.82, 2.24) is 0 Å². The molecule has 0 saturated carbocycles. The molecule has 0 unspecified atom stereocenters. The summed E-state index contributed by atoms with van der Waals surface area (Å²) in [5.74, 6) is 0. The predicted octanol–water partition coefficient (Wildman–Crippen LogP) is 3.47. The molecule has 1 aromatic carbocycles. The van der Waals surface area contributed by atoms with E-state index < -0.39 is 0 Å². The van der Waals surface area contributed by atoms with Gasteiger partial charge in [0.05, 0.1) is 0 Å². The second-order valence-corrected chi connectivity index (χ2v) is 3.70. The van der Waals surface area contributed by atoms with Crippen molar-refractivity contribution in [2.24, 2.45) is 0 Å². The monoisotopic (exact) mass is 193 g/mol. The van der Waals surface area contributed by atoms with Gasteiger partial charge in [0.1, 0.15) is 0 Å². The highest BCUT2D eigenvalue weighted by Crippen LogP contribution is 2.18. The molecule has 2 rings (SSSR count). The van der Waals surface area contributed by atoms with Crippen LogP contribution in [0.5, 0.6) is 0 Å². The summed E-state index contributed by atoms with van der Waals surface area (Å²) in [5, 5.41) is 4.21. The molecular formula is C11H12ClN. The maximum atomic E-state index is 5.79. The lowest BCUT2D eigenvalue weighted by Gasteiger charge is -2.11. The highest BCUT2D eigenvalue weighted by molar-refractivity contribution is 6.30. The van der Waals surface area contributed by atoms with Crippen molar-refractivity contribution < 1.29 is 0 Å². The minimum atomic E-state index is 0.501. The molecule has 1 nitrogen and oxygen atoms in total. The third kappa shape index (κ3) is 2.25. The summed E-state index contributed by atoms with van der Waals surface area (Å²) >= 11 is 5.79. The van der Waals surface area contributed by atoms with Gasteiger partial charge in [0.25, 0.3) is 0 Å². The largest absolute Gasteiger partial charge is 0.379 e. The summed E-state index contributed by atoms with van der Waals surface area (Å²) in [5.41, 5.74) is 1.14. The molecular weight excluding hydrogens is 182 g/mol. The van der Waals surface area contributed by atoms with Crippen LogP contribution >= 0.6 is 11.6 Å². The number of hydrogen-bond acceptors (Lipinski definition) is 1. The zero-order valence-corrected chi connectivity index (χ0v) is 8.09. The Morgan fingerprint density at radius 2 is 2.00 bits per heavy atom. The first-order chi connectivity index (χ1) is 6.34. The van der Waals surface area contributed by atoms with Gasteiger partial charge in [-0.25, -0.2) is 0 Å². The second kappa shape index (κ2) is 3.84. The van der Waals surface area contributed by atoms with E-state index in [9.17, 15) is 0 Å². The SMILES string of the molecule is Clc1ccc(N[C@@H]2C=CCC2)cc1. The van der Waals surface area contributed by atoms with Gasteiger partial charge < -0.3 is 5.32 Å². The Kier molecular flexibility index (Phi) is 2.55. The molecule has 0 bridgehead atoms. The minimum Gasteiger partial charge on any atom is -0.379 e. The molecule has 68 valence electrons. The Bertz CT molecular complexity index is 302. The summed E-state index contributed by atoms with van der Waals surface area (Å²) in [4.78, 5) is 0. The lowest BCUT2D eigenvalue weighted by molar-refractivity contribution is 0.826. The first-order valence-electron chi connectivity index (χ1n) is 4.53. The molecule has 0 fully saturated rings. The maximum Gasteiger partial charge on any atom is 0.0447 e. The average Bonchev–Trinajstić information content (AvgIpc) is 2.62. The molecule has 1 aliphatic rings. The van der Waals surface area contributed by atoms with Gasteiger partial charge in [0, 0.05) is 16.8 Å². The van der Waals surface area contributed by atoms with Crippen molar-refractivity contribution >= 4 is 17.3 Å². The van der Waals surface area contributed by atoms with Crippen molar-refractivity contribution in [2.75, 3.05) is 5.32 Å². The maximum absolute atomic E-state index is 5.79. The zero-order valence-electron chi connectivity index (χ0n) is 7.33. The second-order valence-electron chi connectivity index (χ2n) is 3.26. The van der Waals surface area contributed by atoms with E-state index >= 15 is 0 Å². The van der Waals surface area contributed by atoms with Crippen molar-refractivity contribution in [1.29, 1.82) is 0 Å². The predicted molar refractivity (Wildman–Crippen MR) is 57.2 cm³/mol. The fourth-order valence-electron chi connectivity index (χ4n) is 1.51. The Morgan fingerprint density at radius 1 is 1.23 bits per heavy atom. The molecule has 1 aromatic rings. The average molecular weight is 194 g/mol. The molecule has 13 heavy (non-hydrogen) atoms. The van der Waals surface area contributed by atoms with Crippen molar-refractivity contribution in [3.63, 3.8) is 0 Å². The molecule has 0 heterocycles. The highest BCUT2D eigenvalue weighted by Gasteiger charge is 2.07. The van der Waals surface area contributed by atoms with Gasteiger partial charge in [-0.1, -0.05) is 23.8 Å². The Hall–Kier alpha value is -0.950. The fraction of sp³-hybridized carbons (Fsp3) is 0.273. The van der Waals surface area contributed by atoms with Crippen LogP contribution in [0.4, 0.5) is 5.69 Å². The summed E-state index contributed by atoms with van der Waals surface area (Å²) in [6.07, 6.45) is 6.82. The quantitative estimate of drug-likeness (QED) is 0.710. The summed E-state index contributed by atoms with van der Waals surface area (Å²) < 4.78 is 0. The first kappa shape index (κ1) is 8.64. The Labute approximate surface area is 83.4 Å². The molecule has 2 heteroatoms. The van der Waals surface area contributed by atoms with Crippen LogP contribution in [-0.4, -0.2) is 6.04 Å². The molecule has 0 amide bonds. The van der Waals surface area contributed by atoms with Gasteiger partial charge >= 0.3 is 0 Å². The number of rotatable bonds is 2. The van der Waals surface area contributed by atoms with Crippen LogP contribution in [0.3, 0.4) is 0 Å². The molecule has 1 N–H and O–H groups in total. The smallest absolute Gasteiger partial charge is 0.0447 e. The minimum absolute atomic E-state index is 0.501. The van der Waals surface area contributed by atoms with Crippen molar-refractivity contribution in [3.8, 4) is 0 Å². The lowest BCUT2D eigenvalue weighted by atomic mass is 10.2.